The molecule has 0 unspecified atom stereocenters. The molecule has 2 N–H and O–H groups in total. The Morgan fingerprint density at radius 2 is 2.18 bits per heavy atom. The number of rotatable bonds is 7. The summed E-state index contributed by atoms with van der Waals surface area (Å²) >= 11 is 3.67. The van der Waals surface area contributed by atoms with E-state index in [1.54, 1.807) is 11.3 Å². The molecule has 0 aromatic carbocycles. The monoisotopic (exact) mass is 368 g/mol. The van der Waals surface area contributed by atoms with Gasteiger partial charge in [-0.2, -0.15) is 13.2 Å². The summed E-state index contributed by atoms with van der Waals surface area (Å²) in [6, 6.07) is 3.82. The van der Waals surface area contributed by atoms with E-state index < -0.39 is 12.7 Å². The summed E-state index contributed by atoms with van der Waals surface area (Å²) in [6.07, 6.45) is -4.30. The zero-order valence-corrected chi connectivity index (χ0v) is 13.5. The van der Waals surface area contributed by atoms with Crippen molar-refractivity contribution in [1.29, 1.82) is 0 Å². The molecule has 1 amide bonds. The van der Waals surface area contributed by atoms with Crippen molar-refractivity contribution in [2.24, 2.45) is 0 Å². The van der Waals surface area contributed by atoms with Crippen LogP contribution in [0.15, 0.2) is 21.9 Å². The lowest BCUT2D eigenvalue weighted by Crippen LogP contribution is -2.24. The molecule has 0 atom stereocenters. The largest absolute Gasteiger partial charge is 0.405 e. The SMILES string of the molecule is O=C(CSc1nnc(NCC(F)(F)F)s1)NCc1cccs1. The number of amides is 1. The Morgan fingerprint density at radius 1 is 1.36 bits per heavy atom. The number of carbonyl (C=O) groups is 1. The van der Waals surface area contributed by atoms with Crippen LogP contribution in [0.3, 0.4) is 0 Å². The number of carbonyl (C=O) groups excluding carboxylic acids is 1. The van der Waals surface area contributed by atoms with Crippen molar-refractivity contribution in [2.45, 2.75) is 17.1 Å². The molecule has 120 valence electrons. The third-order valence-electron chi connectivity index (χ3n) is 2.21. The van der Waals surface area contributed by atoms with Crippen molar-refractivity contribution in [3.63, 3.8) is 0 Å². The first-order valence-electron chi connectivity index (χ1n) is 5.98. The fourth-order valence-corrected chi connectivity index (χ4v) is 3.51. The van der Waals surface area contributed by atoms with E-state index in [2.05, 4.69) is 20.8 Å². The van der Waals surface area contributed by atoms with Gasteiger partial charge in [0.15, 0.2) is 4.34 Å². The highest BCUT2D eigenvalue weighted by atomic mass is 32.2. The minimum Gasteiger partial charge on any atom is -0.351 e. The quantitative estimate of drug-likeness (QED) is 0.736. The summed E-state index contributed by atoms with van der Waals surface area (Å²) in [4.78, 5) is 12.7. The Kier molecular flexibility index (Phi) is 6.03. The second-order valence-electron chi connectivity index (χ2n) is 3.99. The Labute approximate surface area is 136 Å². The predicted molar refractivity (Wildman–Crippen MR) is 81.3 cm³/mol. The Bertz CT molecular complexity index is 600. The number of thioether (sulfide) groups is 1. The Morgan fingerprint density at radius 3 is 2.86 bits per heavy atom. The first-order chi connectivity index (χ1) is 10.4. The zero-order valence-electron chi connectivity index (χ0n) is 11.0. The number of aromatic nitrogens is 2. The van der Waals surface area contributed by atoms with Gasteiger partial charge >= 0.3 is 6.18 Å². The van der Waals surface area contributed by atoms with Gasteiger partial charge in [0, 0.05) is 4.88 Å². The van der Waals surface area contributed by atoms with Crippen molar-refractivity contribution in [2.75, 3.05) is 17.6 Å². The highest BCUT2D eigenvalue weighted by molar-refractivity contribution is 8.01. The number of thiophene rings is 1. The van der Waals surface area contributed by atoms with Crippen LogP contribution < -0.4 is 10.6 Å². The molecule has 0 aliphatic heterocycles. The van der Waals surface area contributed by atoms with Crippen LogP contribution in [-0.4, -0.2) is 34.6 Å². The molecule has 0 saturated carbocycles. The van der Waals surface area contributed by atoms with Crippen LogP contribution in [-0.2, 0) is 11.3 Å². The van der Waals surface area contributed by atoms with E-state index >= 15 is 0 Å². The van der Waals surface area contributed by atoms with E-state index in [1.807, 2.05) is 17.5 Å². The number of hydrogen-bond acceptors (Lipinski definition) is 7. The molecule has 0 saturated heterocycles. The summed E-state index contributed by atoms with van der Waals surface area (Å²) in [5.74, 6) is -0.0300. The number of hydrogen-bond donors (Lipinski definition) is 2. The fraction of sp³-hybridized carbons (Fsp3) is 0.364. The van der Waals surface area contributed by atoms with Crippen LogP contribution >= 0.6 is 34.4 Å². The molecule has 11 heteroatoms. The van der Waals surface area contributed by atoms with Gasteiger partial charge in [0.1, 0.15) is 6.54 Å². The van der Waals surface area contributed by atoms with Crippen LogP contribution in [0.1, 0.15) is 4.88 Å². The molecular weight excluding hydrogens is 357 g/mol. The summed E-state index contributed by atoms with van der Waals surface area (Å²) in [5.41, 5.74) is 0. The van der Waals surface area contributed by atoms with Gasteiger partial charge in [-0.3, -0.25) is 4.79 Å². The van der Waals surface area contributed by atoms with Crippen molar-refractivity contribution in [1.82, 2.24) is 15.5 Å². The molecule has 0 bridgehead atoms. The second-order valence-corrected chi connectivity index (χ2v) is 7.22. The van der Waals surface area contributed by atoms with Crippen molar-refractivity contribution in [3.8, 4) is 0 Å². The van der Waals surface area contributed by atoms with E-state index in [-0.39, 0.29) is 16.8 Å². The molecule has 0 spiro atoms. The maximum absolute atomic E-state index is 12.0. The average Bonchev–Trinajstić information content (AvgIpc) is 3.11. The first kappa shape index (κ1) is 17.0. The molecule has 22 heavy (non-hydrogen) atoms. The third-order valence-corrected chi connectivity index (χ3v) is 5.10. The Hall–Kier alpha value is -1.33. The molecule has 5 nitrogen and oxygen atoms in total. The van der Waals surface area contributed by atoms with Gasteiger partial charge in [-0.1, -0.05) is 29.2 Å². The highest BCUT2D eigenvalue weighted by Gasteiger charge is 2.27. The molecule has 0 fully saturated rings. The number of anilines is 1. The molecule has 0 aliphatic rings. The normalized spacial score (nSPS) is 11.4. The van der Waals surface area contributed by atoms with Gasteiger partial charge in [-0.15, -0.1) is 21.5 Å². The summed E-state index contributed by atoms with van der Waals surface area (Å²) < 4.78 is 36.6. The van der Waals surface area contributed by atoms with Crippen molar-refractivity contribution in [3.05, 3.63) is 22.4 Å². The molecule has 2 heterocycles. The van der Waals surface area contributed by atoms with Gasteiger partial charge in [0.05, 0.1) is 12.3 Å². The molecular formula is C11H11F3N4OS3. The van der Waals surface area contributed by atoms with Gasteiger partial charge in [0.25, 0.3) is 0 Å². The standard InChI is InChI=1S/C11H11F3N4OS3/c12-11(13,14)6-16-9-17-18-10(22-9)21-5-8(19)15-4-7-2-1-3-20-7/h1-3H,4-6H2,(H,15,19)(H,16,17). The van der Waals surface area contributed by atoms with E-state index in [0.717, 1.165) is 28.0 Å². The molecule has 0 radical (unpaired) electrons. The number of halogens is 3. The van der Waals surface area contributed by atoms with Gasteiger partial charge in [-0.25, -0.2) is 0 Å². The summed E-state index contributed by atoms with van der Waals surface area (Å²) in [5, 5.41) is 14.2. The predicted octanol–water partition coefficient (Wildman–Crippen LogP) is 2.98. The van der Waals surface area contributed by atoms with Crippen LogP contribution in [0, 0.1) is 0 Å². The molecule has 2 aromatic heterocycles. The number of alkyl halides is 3. The zero-order chi connectivity index (χ0) is 16.0. The smallest absolute Gasteiger partial charge is 0.351 e. The number of nitrogens with zero attached hydrogens (tertiary/aromatic N) is 2. The minimum atomic E-state index is -4.30. The summed E-state index contributed by atoms with van der Waals surface area (Å²) in [6.45, 7) is -0.695. The lowest BCUT2D eigenvalue weighted by atomic mass is 10.4. The molecule has 0 aliphatic carbocycles. The first-order valence-corrected chi connectivity index (χ1v) is 8.66. The average molecular weight is 368 g/mol. The summed E-state index contributed by atoms with van der Waals surface area (Å²) in [7, 11) is 0. The van der Waals surface area contributed by atoms with Crippen LogP contribution in [0.4, 0.5) is 18.3 Å². The van der Waals surface area contributed by atoms with Crippen LogP contribution in [0.2, 0.25) is 0 Å². The van der Waals surface area contributed by atoms with Crippen LogP contribution in [0.5, 0.6) is 0 Å². The maximum Gasteiger partial charge on any atom is 0.405 e. The Balaban J connectivity index is 1.70. The lowest BCUT2D eigenvalue weighted by Gasteiger charge is -2.05. The minimum absolute atomic E-state index is 0.0822. The molecule has 2 aromatic rings. The van der Waals surface area contributed by atoms with E-state index in [0.29, 0.717) is 10.9 Å². The second kappa shape index (κ2) is 7.79. The van der Waals surface area contributed by atoms with Gasteiger partial charge in [0.2, 0.25) is 11.0 Å². The fourth-order valence-electron chi connectivity index (χ4n) is 1.29. The lowest BCUT2D eigenvalue weighted by molar-refractivity contribution is -0.118. The van der Waals surface area contributed by atoms with Gasteiger partial charge < -0.3 is 10.6 Å². The highest BCUT2D eigenvalue weighted by Crippen LogP contribution is 2.26. The number of nitrogens with one attached hydrogen (secondary N) is 2. The van der Waals surface area contributed by atoms with E-state index in [9.17, 15) is 18.0 Å². The topological polar surface area (TPSA) is 66.9 Å². The third kappa shape index (κ3) is 6.20. The molecule has 2 rings (SSSR count). The van der Waals surface area contributed by atoms with Gasteiger partial charge in [-0.05, 0) is 11.4 Å². The van der Waals surface area contributed by atoms with Crippen LogP contribution in [0.25, 0.3) is 0 Å². The van der Waals surface area contributed by atoms with E-state index in [4.69, 9.17) is 0 Å². The maximum atomic E-state index is 12.0. The van der Waals surface area contributed by atoms with E-state index in [1.165, 1.54) is 0 Å². The van der Waals surface area contributed by atoms with Crippen molar-refractivity contribution < 1.29 is 18.0 Å². The van der Waals surface area contributed by atoms with Crippen molar-refractivity contribution >= 4 is 45.5 Å².